The molecule has 0 atom stereocenters. The molecule has 17 heavy (non-hydrogen) atoms. The van der Waals surface area contributed by atoms with Crippen LogP contribution in [0.4, 0.5) is 5.82 Å². The molecule has 2 N–H and O–H groups in total. The first-order chi connectivity index (χ1) is 7.99. The van der Waals surface area contributed by atoms with Gasteiger partial charge in [0.2, 0.25) is 5.91 Å². The first kappa shape index (κ1) is 13.4. The van der Waals surface area contributed by atoms with Crippen LogP contribution in [0.25, 0.3) is 0 Å². The lowest BCUT2D eigenvalue weighted by molar-refractivity contribution is -0.119. The molecule has 5 heteroatoms. The number of rotatable bonds is 5. The van der Waals surface area contributed by atoms with E-state index in [1.54, 1.807) is 0 Å². The summed E-state index contributed by atoms with van der Waals surface area (Å²) in [4.78, 5) is 19.7. The molecule has 0 saturated heterocycles. The zero-order valence-corrected chi connectivity index (χ0v) is 10.8. The van der Waals surface area contributed by atoms with E-state index in [2.05, 4.69) is 34.4 Å². The smallest absolute Gasteiger partial charge is 0.239 e. The molecule has 94 valence electrons. The largest absolute Gasteiger partial charge is 0.361 e. The fourth-order valence-corrected chi connectivity index (χ4v) is 1.33. The fraction of sp³-hybridized carbons (Fsp3) is 0.583. The Morgan fingerprint density at radius 2 is 2.00 bits per heavy atom. The van der Waals surface area contributed by atoms with Crippen molar-refractivity contribution < 1.29 is 4.79 Å². The molecule has 0 fully saturated rings. The van der Waals surface area contributed by atoms with E-state index in [4.69, 9.17) is 0 Å². The van der Waals surface area contributed by atoms with E-state index in [1.807, 2.05) is 19.9 Å². The van der Waals surface area contributed by atoms with Crippen molar-refractivity contribution in [2.75, 3.05) is 11.9 Å². The second-order valence-electron chi connectivity index (χ2n) is 4.56. The van der Waals surface area contributed by atoms with Gasteiger partial charge in [-0.25, -0.2) is 9.97 Å². The van der Waals surface area contributed by atoms with Crippen LogP contribution in [0.1, 0.15) is 39.3 Å². The summed E-state index contributed by atoms with van der Waals surface area (Å²) in [5.74, 6) is 0.996. The fourth-order valence-electron chi connectivity index (χ4n) is 1.33. The number of amides is 1. The summed E-state index contributed by atoms with van der Waals surface area (Å²) in [5.41, 5.74) is 0.965. The predicted molar refractivity (Wildman–Crippen MR) is 67.9 cm³/mol. The third-order valence-electron chi connectivity index (χ3n) is 2.16. The van der Waals surface area contributed by atoms with E-state index in [0.29, 0.717) is 11.7 Å². The highest BCUT2D eigenvalue weighted by Gasteiger charge is 2.05. The van der Waals surface area contributed by atoms with Crippen LogP contribution in [0.3, 0.4) is 0 Å². The van der Waals surface area contributed by atoms with Gasteiger partial charge in [-0.2, -0.15) is 0 Å². The molecule has 0 aromatic carbocycles. The Morgan fingerprint density at radius 1 is 1.29 bits per heavy atom. The summed E-state index contributed by atoms with van der Waals surface area (Å²) < 4.78 is 0. The standard InChI is InChI=1S/C12H20N4O/c1-8(2)10-5-11(15-7-14-10)13-6-12(17)16-9(3)4/h5,7-9H,6H2,1-4H3,(H,16,17)(H,13,14,15). The Morgan fingerprint density at radius 3 is 2.59 bits per heavy atom. The maximum Gasteiger partial charge on any atom is 0.239 e. The van der Waals surface area contributed by atoms with Crippen LogP contribution in [0.15, 0.2) is 12.4 Å². The predicted octanol–water partition coefficient (Wildman–Crippen LogP) is 1.54. The van der Waals surface area contributed by atoms with E-state index in [9.17, 15) is 4.79 Å². The minimum atomic E-state index is -0.0373. The average Bonchev–Trinajstić information content (AvgIpc) is 2.26. The second kappa shape index (κ2) is 6.18. The highest BCUT2D eigenvalue weighted by atomic mass is 16.1. The molecule has 0 aliphatic heterocycles. The van der Waals surface area contributed by atoms with Crippen molar-refractivity contribution in [1.29, 1.82) is 0 Å². The van der Waals surface area contributed by atoms with Gasteiger partial charge in [0.25, 0.3) is 0 Å². The summed E-state index contributed by atoms with van der Waals surface area (Å²) in [6, 6.07) is 2.02. The van der Waals surface area contributed by atoms with Gasteiger partial charge < -0.3 is 10.6 Å². The molecule has 1 aromatic rings. The molecule has 0 saturated carbocycles. The maximum atomic E-state index is 11.4. The van der Waals surface area contributed by atoms with Gasteiger partial charge in [-0.3, -0.25) is 4.79 Å². The number of nitrogens with one attached hydrogen (secondary N) is 2. The number of carbonyl (C=O) groups is 1. The molecule has 0 unspecified atom stereocenters. The SMILES string of the molecule is CC(C)NC(=O)CNc1cc(C(C)C)ncn1. The minimum absolute atomic E-state index is 0.0373. The van der Waals surface area contributed by atoms with Crippen molar-refractivity contribution in [3.63, 3.8) is 0 Å². The van der Waals surface area contributed by atoms with Crippen molar-refractivity contribution in [1.82, 2.24) is 15.3 Å². The second-order valence-corrected chi connectivity index (χ2v) is 4.56. The topological polar surface area (TPSA) is 66.9 Å². The number of carbonyl (C=O) groups excluding carboxylic acids is 1. The van der Waals surface area contributed by atoms with Crippen LogP contribution in [-0.4, -0.2) is 28.5 Å². The zero-order valence-electron chi connectivity index (χ0n) is 10.8. The third-order valence-corrected chi connectivity index (χ3v) is 2.16. The average molecular weight is 236 g/mol. The van der Waals surface area contributed by atoms with Crippen LogP contribution in [0.5, 0.6) is 0 Å². The summed E-state index contributed by atoms with van der Waals surface area (Å²) in [5, 5.41) is 5.79. The quantitative estimate of drug-likeness (QED) is 0.813. The zero-order chi connectivity index (χ0) is 12.8. The molecular weight excluding hydrogens is 216 g/mol. The molecule has 0 spiro atoms. The molecule has 0 aliphatic carbocycles. The molecule has 1 heterocycles. The first-order valence-corrected chi connectivity index (χ1v) is 5.84. The first-order valence-electron chi connectivity index (χ1n) is 5.84. The van der Waals surface area contributed by atoms with Crippen LogP contribution < -0.4 is 10.6 Å². The van der Waals surface area contributed by atoms with Crippen molar-refractivity contribution in [2.24, 2.45) is 0 Å². The Bertz CT molecular complexity index is 377. The Labute approximate surface area is 102 Å². The van der Waals surface area contributed by atoms with Gasteiger partial charge in [0, 0.05) is 17.8 Å². The Kier molecular flexibility index (Phi) is 4.87. The molecule has 0 aliphatic rings. The van der Waals surface area contributed by atoms with Crippen LogP contribution in [0.2, 0.25) is 0 Å². The van der Waals surface area contributed by atoms with Gasteiger partial charge in [0.15, 0.2) is 0 Å². The van der Waals surface area contributed by atoms with Gasteiger partial charge >= 0.3 is 0 Å². The van der Waals surface area contributed by atoms with Crippen molar-refractivity contribution in [3.8, 4) is 0 Å². The van der Waals surface area contributed by atoms with Crippen molar-refractivity contribution in [3.05, 3.63) is 18.1 Å². The number of nitrogens with zero attached hydrogens (tertiary/aromatic N) is 2. The van der Waals surface area contributed by atoms with Crippen LogP contribution in [0, 0.1) is 0 Å². The lowest BCUT2D eigenvalue weighted by Gasteiger charge is -2.10. The monoisotopic (exact) mass is 236 g/mol. The Balaban J connectivity index is 2.52. The van der Waals surface area contributed by atoms with Crippen LogP contribution in [-0.2, 0) is 4.79 Å². The number of hydrogen-bond acceptors (Lipinski definition) is 4. The molecule has 5 nitrogen and oxygen atoms in total. The highest BCUT2D eigenvalue weighted by molar-refractivity contribution is 5.80. The molecular formula is C12H20N4O. The van der Waals surface area contributed by atoms with E-state index < -0.39 is 0 Å². The van der Waals surface area contributed by atoms with Crippen molar-refractivity contribution >= 4 is 11.7 Å². The van der Waals surface area contributed by atoms with Gasteiger partial charge in [-0.1, -0.05) is 13.8 Å². The van der Waals surface area contributed by atoms with E-state index in [1.165, 1.54) is 6.33 Å². The normalized spacial score (nSPS) is 10.7. The van der Waals surface area contributed by atoms with Gasteiger partial charge in [-0.05, 0) is 19.8 Å². The molecule has 0 bridgehead atoms. The van der Waals surface area contributed by atoms with Gasteiger partial charge in [0.1, 0.15) is 12.1 Å². The maximum absolute atomic E-state index is 11.4. The summed E-state index contributed by atoms with van der Waals surface area (Å²) in [6.07, 6.45) is 1.51. The lowest BCUT2D eigenvalue weighted by atomic mass is 10.1. The number of hydrogen-bond donors (Lipinski definition) is 2. The summed E-state index contributed by atoms with van der Waals surface area (Å²) in [6.45, 7) is 8.22. The third kappa shape index (κ3) is 4.80. The number of anilines is 1. The van der Waals surface area contributed by atoms with Gasteiger partial charge in [0.05, 0.1) is 6.54 Å². The molecule has 1 amide bonds. The lowest BCUT2D eigenvalue weighted by Crippen LogP contribution is -2.35. The van der Waals surface area contributed by atoms with E-state index >= 15 is 0 Å². The summed E-state index contributed by atoms with van der Waals surface area (Å²) >= 11 is 0. The number of aromatic nitrogens is 2. The molecule has 1 rings (SSSR count). The van der Waals surface area contributed by atoms with E-state index in [0.717, 1.165) is 5.69 Å². The summed E-state index contributed by atoms with van der Waals surface area (Å²) in [7, 11) is 0. The Hall–Kier alpha value is -1.65. The van der Waals surface area contributed by atoms with Gasteiger partial charge in [-0.15, -0.1) is 0 Å². The van der Waals surface area contributed by atoms with Crippen molar-refractivity contribution in [2.45, 2.75) is 39.7 Å². The van der Waals surface area contributed by atoms with E-state index in [-0.39, 0.29) is 18.5 Å². The van der Waals surface area contributed by atoms with Crippen LogP contribution >= 0.6 is 0 Å². The molecule has 0 radical (unpaired) electrons. The highest BCUT2D eigenvalue weighted by Crippen LogP contribution is 2.13. The molecule has 1 aromatic heterocycles. The minimum Gasteiger partial charge on any atom is -0.361 e.